The van der Waals surface area contributed by atoms with Crippen LogP contribution in [0.4, 0.5) is 24.5 Å². The van der Waals surface area contributed by atoms with E-state index in [0.29, 0.717) is 22.5 Å². The summed E-state index contributed by atoms with van der Waals surface area (Å²) in [5, 5.41) is 4.21. The number of nitrogens with zero attached hydrogens (tertiary/aromatic N) is 2. The Kier molecular flexibility index (Phi) is 4.46. The second-order valence-corrected chi connectivity index (χ2v) is 6.62. The van der Waals surface area contributed by atoms with Crippen LogP contribution >= 0.6 is 0 Å². The molecule has 0 saturated heterocycles. The third-order valence-corrected chi connectivity index (χ3v) is 4.65. The number of hydrogen-bond acceptors (Lipinski definition) is 4. The van der Waals surface area contributed by atoms with Gasteiger partial charge in [-0.25, -0.2) is 17.9 Å². The van der Waals surface area contributed by atoms with Crippen LogP contribution in [-0.4, -0.2) is 9.78 Å². The highest BCUT2D eigenvalue weighted by Gasteiger charge is 2.12. The molecule has 0 saturated carbocycles. The average molecular weight is 396 g/mol. The molecule has 5 nitrogen and oxygen atoms in total. The Hall–Kier alpha value is -3.81. The maximum Gasteiger partial charge on any atom is 0.275 e. The Labute approximate surface area is 163 Å². The van der Waals surface area contributed by atoms with Crippen molar-refractivity contribution < 1.29 is 13.2 Å². The highest BCUT2D eigenvalue weighted by molar-refractivity contribution is 5.80. The van der Waals surface area contributed by atoms with Gasteiger partial charge in [0.2, 0.25) is 0 Å². The second-order valence-electron chi connectivity index (χ2n) is 6.62. The number of nitrogens with two attached hydrogens (primary N) is 2. The van der Waals surface area contributed by atoms with Crippen molar-refractivity contribution >= 4 is 22.1 Å². The van der Waals surface area contributed by atoms with Gasteiger partial charge in [-0.1, -0.05) is 12.1 Å². The SMILES string of the molecule is Nc1ccc(-c2cc(Cn3ncc4cc(F)c(F)cc4c3=O)ccc2F)cc1N. The van der Waals surface area contributed by atoms with Gasteiger partial charge in [0.05, 0.1) is 29.5 Å². The number of benzene rings is 3. The summed E-state index contributed by atoms with van der Waals surface area (Å²) in [5.74, 6) is -2.63. The molecule has 0 atom stereocenters. The van der Waals surface area contributed by atoms with Gasteiger partial charge in [-0.05, 0) is 47.5 Å². The predicted molar refractivity (Wildman–Crippen MR) is 106 cm³/mol. The molecule has 0 aliphatic heterocycles. The van der Waals surface area contributed by atoms with E-state index in [-0.39, 0.29) is 22.9 Å². The van der Waals surface area contributed by atoms with E-state index in [9.17, 15) is 18.0 Å². The molecule has 146 valence electrons. The fraction of sp³-hybridized carbons (Fsp3) is 0.0476. The highest BCUT2D eigenvalue weighted by atomic mass is 19.2. The van der Waals surface area contributed by atoms with Crippen molar-refractivity contribution in [3.05, 3.63) is 88.1 Å². The van der Waals surface area contributed by atoms with E-state index in [4.69, 9.17) is 11.5 Å². The maximum absolute atomic E-state index is 14.4. The van der Waals surface area contributed by atoms with Crippen LogP contribution in [0.15, 0.2) is 59.5 Å². The van der Waals surface area contributed by atoms with Gasteiger partial charge in [0.25, 0.3) is 5.56 Å². The molecule has 0 amide bonds. The van der Waals surface area contributed by atoms with Gasteiger partial charge in [0.1, 0.15) is 5.82 Å². The van der Waals surface area contributed by atoms with Crippen LogP contribution in [0.1, 0.15) is 5.56 Å². The molecule has 29 heavy (non-hydrogen) atoms. The van der Waals surface area contributed by atoms with E-state index >= 15 is 0 Å². The van der Waals surface area contributed by atoms with Crippen LogP contribution in [0.5, 0.6) is 0 Å². The van der Waals surface area contributed by atoms with Crippen molar-refractivity contribution in [3.8, 4) is 11.1 Å². The molecule has 0 unspecified atom stereocenters. The van der Waals surface area contributed by atoms with Crippen molar-refractivity contribution in [2.24, 2.45) is 0 Å². The largest absolute Gasteiger partial charge is 0.397 e. The standard InChI is InChI=1S/C21H15F3N4O/c22-16-3-1-11(5-14(16)12-2-4-19(25)20(26)7-12)10-28-21(29)15-8-18(24)17(23)6-13(15)9-27-28/h1-9H,10,25-26H2. The molecule has 4 N–H and O–H groups in total. The first kappa shape index (κ1) is 18.5. The van der Waals surface area contributed by atoms with Gasteiger partial charge in [-0.3, -0.25) is 4.79 Å². The molecule has 0 fully saturated rings. The number of hydrogen-bond donors (Lipinski definition) is 2. The quantitative estimate of drug-likeness (QED) is 0.517. The van der Waals surface area contributed by atoms with Crippen molar-refractivity contribution in [2.75, 3.05) is 11.5 Å². The molecule has 0 spiro atoms. The van der Waals surface area contributed by atoms with Gasteiger partial charge < -0.3 is 11.5 Å². The van der Waals surface area contributed by atoms with Gasteiger partial charge in [-0.15, -0.1) is 0 Å². The lowest BCUT2D eigenvalue weighted by molar-refractivity contribution is 0.510. The summed E-state index contributed by atoms with van der Waals surface area (Å²) >= 11 is 0. The van der Waals surface area contributed by atoms with Crippen LogP contribution in [-0.2, 0) is 6.54 Å². The molecule has 1 heterocycles. The summed E-state index contributed by atoms with van der Waals surface area (Å²) < 4.78 is 42.4. The first-order valence-electron chi connectivity index (χ1n) is 8.62. The minimum atomic E-state index is -1.11. The third kappa shape index (κ3) is 3.40. The minimum absolute atomic E-state index is 0.00698. The molecule has 0 aliphatic rings. The number of halogens is 3. The van der Waals surface area contributed by atoms with Crippen LogP contribution in [0.2, 0.25) is 0 Å². The topological polar surface area (TPSA) is 86.9 Å². The molecule has 0 bridgehead atoms. The molecule has 3 aromatic carbocycles. The van der Waals surface area contributed by atoms with E-state index in [2.05, 4.69) is 5.10 Å². The molecular formula is C21H15F3N4O. The Morgan fingerprint density at radius 3 is 2.38 bits per heavy atom. The van der Waals surface area contributed by atoms with Crippen LogP contribution < -0.4 is 17.0 Å². The van der Waals surface area contributed by atoms with Crippen molar-refractivity contribution in [3.63, 3.8) is 0 Å². The van der Waals surface area contributed by atoms with E-state index in [0.717, 1.165) is 16.8 Å². The van der Waals surface area contributed by atoms with Gasteiger partial charge >= 0.3 is 0 Å². The molecule has 4 aromatic rings. The lowest BCUT2D eigenvalue weighted by atomic mass is 10.0. The lowest BCUT2D eigenvalue weighted by Crippen LogP contribution is -2.23. The molecule has 0 aliphatic carbocycles. The number of anilines is 2. The fourth-order valence-corrected chi connectivity index (χ4v) is 3.10. The Bertz CT molecular complexity index is 1320. The van der Waals surface area contributed by atoms with E-state index in [1.807, 2.05) is 0 Å². The smallest absolute Gasteiger partial charge is 0.275 e. The average Bonchev–Trinajstić information content (AvgIpc) is 2.69. The summed E-state index contributed by atoms with van der Waals surface area (Å²) in [6, 6.07) is 10.9. The first-order valence-corrected chi connectivity index (χ1v) is 8.62. The summed E-state index contributed by atoms with van der Waals surface area (Å²) in [6.45, 7) is 0.0193. The van der Waals surface area contributed by atoms with E-state index in [1.54, 1.807) is 24.3 Å². The minimum Gasteiger partial charge on any atom is -0.397 e. The zero-order chi connectivity index (χ0) is 20.7. The number of fused-ring (bicyclic) bond motifs is 1. The number of aromatic nitrogens is 2. The Morgan fingerprint density at radius 2 is 1.62 bits per heavy atom. The maximum atomic E-state index is 14.4. The Morgan fingerprint density at radius 1 is 0.862 bits per heavy atom. The zero-order valence-electron chi connectivity index (χ0n) is 15.0. The predicted octanol–water partition coefficient (Wildman–Crippen LogP) is 3.69. The van der Waals surface area contributed by atoms with Crippen LogP contribution in [0, 0.1) is 17.5 Å². The molecule has 1 aromatic heterocycles. The number of rotatable bonds is 3. The summed E-state index contributed by atoms with van der Waals surface area (Å²) in [5.41, 5.74) is 13.1. The molecular weight excluding hydrogens is 381 g/mol. The van der Waals surface area contributed by atoms with Gasteiger partial charge in [0.15, 0.2) is 11.6 Å². The fourth-order valence-electron chi connectivity index (χ4n) is 3.10. The van der Waals surface area contributed by atoms with Crippen LogP contribution in [0.25, 0.3) is 21.9 Å². The molecule has 4 rings (SSSR count). The van der Waals surface area contributed by atoms with Crippen LogP contribution in [0.3, 0.4) is 0 Å². The molecule has 0 radical (unpaired) electrons. The number of nitrogen functional groups attached to an aromatic ring is 2. The zero-order valence-corrected chi connectivity index (χ0v) is 15.0. The summed E-state index contributed by atoms with van der Waals surface area (Å²) in [7, 11) is 0. The first-order chi connectivity index (χ1) is 13.8. The summed E-state index contributed by atoms with van der Waals surface area (Å²) in [6.07, 6.45) is 1.28. The van der Waals surface area contributed by atoms with E-state index in [1.165, 1.54) is 18.3 Å². The highest BCUT2D eigenvalue weighted by Crippen LogP contribution is 2.28. The second kappa shape index (κ2) is 6.97. The normalized spacial score (nSPS) is 11.1. The summed E-state index contributed by atoms with van der Waals surface area (Å²) in [4.78, 5) is 12.6. The monoisotopic (exact) mass is 396 g/mol. The van der Waals surface area contributed by atoms with Crippen molar-refractivity contribution in [2.45, 2.75) is 6.54 Å². The molecule has 8 heteroatoms. The lowest BCUT2D eigenvalue weighted by Gasteiger charge is -2.10. The third-order valence-electron chi connectivity index (χ3n) is 4.65. The van der Waals surface area contributed by atoms with Crippen molar-refractivity contribution in [1.82, 2.24) is 9.78 Å². The Balaban J connectivity index is 1.75. The van der Waals surface area contributed by atoms with Gasteiger partial charge in [-0.2, -0.15) is 5.10 Å². The van der Waals surface area contributed by atoms with E-state index < -0.39 is 23.0 Å². The van der Waals surface area contributed by atoms with Crippen molar-refractivity contribution in [1.29, 1.82) is 0 Å². The van der Waals surface area contributed by atoms with Gasteiger partial charge in [0, 0.05) is 10.9 Å².